The molecule has 0 spiro atoms. The fourth-order valence-corrected chi connectivity index (χ4v) is 4.35. The minimum absolute atomic E-state index is 0.0902. The van der Waals surface area contributed by atoms with E-state index >= 15 is 0 Å². The van der Waals surface area contributed by atoms with Gasteiger partial charge >= 0.3 is 10.1 Å². The number of anilines is 1. The largest absolute Gasteiger partial charge is 0.377 e. The smallest absolute Gasteiger partial charge is 0.339 e. The highest BCUT2D eigenvalue weighted by molar-refractivity contribution is 7.87. The van der Waals surface area contributed by atoms with E-state index in [4.69, 9.17) is 4.18 Å². The van der Waals surface area contributed by atoms with Gasteiger partial charge in [-0.2, -0.15) is 8.42 Å². The Kier molecular flexibility index (Phi) is 5.23. The van der Waals surface area contributed by atoms with Gasteiger partial charge in [0.15, 0.2) is 5.75 Å². The first-order chi connectivity index (χ1) is 11.6. The molecule has 25 heavy (non-hydrogen) atoms. The zero-order valence-electron chi connectivity index (χ0n) is 15.4. The third kappa shape index (κ3) is 3.69. The summed E-state index contributed by atoms with van der Waals surface area (Å²) in [6.07, 6.45) is 0. The SMILES string of the molecule is CC(=O)Nc1ccccc1OS(=O)(=O)c1c(C)c(C)c(C)c(C)c1C. The van der Waals surface area contributed by atoms with Gasteiger partial charge < -0.3 is 9.50 Å². The fourth-order valence-electron chi connectivity index (χ4n) is 2.83. The summed E-state index contributed by atoms with van der Waals surface area (Å²) in [5, 5.41) is 2.58. The monoisotopic (exact) mass is 361 g/mol. The molecule has 0 aromatic heterocycles. The van der Waals surface area contributed by atoms with Crippen molar-refractivity contribution in [3.05, 3.63) is 52.1 Å². The maximum atomic E-state index is 13.0. The van der Waals surface area contributed by atoms with Crippen LogP contribution < -0.4 is 9.50 Å². The van der Waals surface area contributed by atoms with E-state index in [1.807, 2.05) is 20.8 Å². The highest BCUT2D eigenvalue weighted by atomic mass is 32.2. The summed E-state index contributed by atoms with van der Waals surface area (Å²) in [6, 6.07) is 6.46. The predicted octanol–water partition coefficient (Wildman–Crippen LogP) is 3.95. The van der Waals surface area contributed by atoms with Gasteiger partial charge in [0, 0.05) is 6.92 Å². The molecule has 0 unspecified atom stereocenters. The average molecular weight is 361 g/mol. The third-order valence-electron chi connectivity index (χ3n) is 4.58. The number of benzene rings is 2. The topological polar surface area (TPSA) is 72.5 Å². The average Bonchev–Trinajstić information content (AvgIpc) is 2.52. The van der Waals surface area contributed by atoms with Gasteiger partial charge in [-0.25, -0.2) is 0 Å². The second kappa shape index (κ2) is 6.88. The number of nitrogens with one attached hydrogen (secondary N) is 1. The van der Waals surface area contributed by atoms with E-state index in [2.05, 4.69) is 5.32 Å². The molecular formula is C19H23NO4S. The molecule has 0 bridgehead atoms. The Bertz CT molecular complexity index is 917. The molecule has 0 radical (unpaired) electrons. The molecule has 1 N–H and O–H groups in total. The van der Waals surface area contributed by atoms with Crippen LogP contribution in [-0.4, -0.2) is 14.3 Å². The summed E-state index contributed by atoms with van der Waals surface area (Å²) in [4.78, 5) is 11.5. The molecule has 134 valence electrons. The third-order valence-corrected chi connectivity index (χ3v) is 6.09. The van der Waals surface area contributed by atoms with Gasteiger partial charge in [-0.1, -0.05) is 12.1 Å². The fraction of sp³-hybridized carbons (Fsp3) is 0.316. The maximum absolute atomic E-state index is 13.0. The molecule has 0 saturated carbocycles. The van der Waals surface area contributed by atoms with Crippen LogP contribution in [0.4, 0.5) is 5.69 Å². The number of hydrogen-bond donors (Lipinski definition) is 1. The number of amides is 1. The molecule has 5 nitrogen and oxygen atoms in total. The second-order valence-electron chi connectivity index (χ2n) is 6.17. The first-order valence-corrected chi connectivity index (χ1v) is 9.35. The van der Waals surface area contributed by atoms with Crippen LogP contribution in [0.25, 0.3) is 0 Å². The highest BCUT2D eigenvalue weighted by Gasteiger charge is 2.26. The highest BCUT2D eigenvalue weighted by Crippen LogP contribution is 2.33. The Balaban J connectivity index is 2.58. The van der Waals surface area contributed by atoms with Crippen molar-refractivity contribution in [2.75, 3.05) is 5.32 Å². The Morgan fingerprint density at radius 3 is 1.88 bits per heavy atom. The van der Waals surface area contributed by atoms with Gasteiger partial charge in [0.05, 0.1) is 5.69 Å². The van der Waals surface area contributed by atoms with Crippen molar-refractivity contribution in [2.45, 2.75) is 46.4 Å². The Hall–Kier alpha value is -2.34. The standard InChI is InChI=1S/C19H23NO4S/c1-11-12(2)14(4)19(15(5)13(11)3)25(22,23)24-18-10-8-7-9-17(18)20-16(6)21/h7-10H,1-6H3,(H,20,21). The van der Waals surface area contributed by atoms with E-state index in [9.17, 15) is 13.2 Å². The minimum Gasteiger partial charge on any atom is -0.377 e. The first kappa shape index (κ1) is 19.0. The van der Waals surface area contributed by atoms with Gasteiger partial charge in [-0.3, -0.25) is 4.79 Å². The van der Waals surface area contributed by atoms with E-state index in [1.165, 1.54) is 13.0 Å². The zero-order valence-corrected chi connectivity index (χ0v) is 16.2. The molecule has 2 rings (SSSR count). The van der Waals surface area contributed by atoms with Crippen molar-refractivity contribution >= 4 is 21.7 Å². The van der Waals surface area contributed by atoms with E-state index in [0.29, 0.717) is 16.8 Å². The van der Waals surface area contributed by atoms with Crippen LogP contribution in [0.5, 0.6) is 5.75 Å². The lowest BCUT2D eigenvalue weighted by Crippen LogP contribution is -2.17. The van der Waals surface area contributed by atoms with Gasteiger partial charge in [0.25, 0.3) is 0 Å². The summed E-state index contributed by atoms with van der Waals surface area (Å²) < 4.78 is 31.3. The zero-order chi connectivity index (χ0) is 18.9. The van der Waals surface area contributed by atoms with Crippen LogP contribution in [0.3, 0.4) is 0 Å². The van der Waals surface area contributed by atoms with Crippen molar-refractivity contribution in [2.24, 2.45) is 0 Å². The predicted molar refractivity (Wildman–Crippen MR) is 98.7 cm³/mol. The van der Waals surface area contributed by atoms with Crippen molar-refractivity contribution in [1.29, 1.82) is 0 Å². The van der Waals surface area contributed by atoms with Crippen LogP contribution in [0.1, 0.15) is 34.7 Å². The Morgan fingerprint density at radius 2 is 1.36 bits per heavy atom. The molecule has 1 amide bonds. The van der Waals surface area contributed by atoms with Gasteiger partial charge in [0.1, 0.15) is 4.90 Å². The normalized spacial score (nSPS) is 11.3. The molecule has 0 aliphatic heterocycles. The van der Waals surface area contributed by atoms with Crippen LogP contribution >= 0.6 is 0 Å². The molecule has 0 fully saturated rings. The van der Waals surface area contributed by atoms with Crippen LogP contribution in [0.15, 0.2) is 29.2 Å². The Morgan fingerprint density at radius 1 is 0.880 bits per heavy atom. The minimum atomic E-state index is -4.05. The summed E-state index contributed by atoms with van der Waals surface area (Å²) in [5.74, 6) is -0.213. The summed E-state index contributed by atoms with van der Waals surface area (Å²) >= 11 is 0. The molecule has 0 saturated heterocycles. The molecular weight excluding hydrogens is 338 g/mol. The summed E-state index contributed by atoms with van der Waals surface area (Å²) in [6.45, 7) is 10.7. The van der Waals surface area contributed by atoms with Crippen molar-refractivity contribution in [3.8, 4) is 5.75 Å². The first-order valence-electron chi connectivity index (χ1n) is 7.94. The summed E-state index contributed by atoms with van der Waals surface area (Å²) in [7, 11) is -4.05. The quantitative estimate of drug-likeness (QED) is 0.837. The Labute approximate surface area is 149 Å². The number of hydrogen-bond acceptors (Lipinski definition) is 4. The number of para-hydroxylation sites is 2. The van der Waals surface area contributed by atoms with Gasteiger partial charge in [-0.15, -0.1) is 0 Å². The second-order valence-corrected chi connectivity index (χ2v) is 7.65. The van der Waals surface area contributed by atoms with Crippen molar-refractivity contribution in [1.82, 2.24) is 0 Å². The van der Waals surface area contributed by atoms with E-state index < -0.39 is 10.1 Å². The van der Waals surface area contributed by atoms with Crippen LogP contribution in [-0.2, 0) is 14.9 Å². The van der Waals surface area contributed by atoms with E-state index in [-0.39, 0.29) is 16.6 Å². The molecule has 0 aliphatic rings. The lowest BCUT2D eigenvalue weighted by Gasteiger charge is -2.19. The number of carbonyl (C=O) groups excluding carboxylic acids is 1. The van der Waals surface area contributed by atoms with Crippen molar-refractivity contribution < 1.29 is 17.4 Å². The van der Waals surface area contributed by atoms with Gasteiger partial charge in [-0.05, 0) is 74.6 Å². The van der Waals surface area contributed by atoms with Crippen LogP contribution in [0.2, 0.25) is 0 Å². The van der Waals surface area contributed by atoms with Gasteiger partial charge in [0.2, 0.25) is 5.91 Å². The van der Waals surface area contributed by atoms with E-state index in [1.54, 1.807) is 32.0 Å². The molecule has 2 aromatic carbocycles. The molecule has 0 aliphatic carbocycles. The lowest BCUT2D eigenvalue weighted by molar-refractivity contribution is -0.114. The number of rotatable bonds is 4. The van der Waals surface area contributed by atoms with E-state index in [0.717, 1.165) is 16.7 Å². The number of carbonyl (C=O) groups is 1. The van der Waals surface area contributed by atoms with Crippen LogP contribution in [0, 0.1) is 34.6 Å². The molecule has 6 heteroatoms. The van der Waals surface area contributed by atoms with Crippen molar-refractivity contribution in [3.63, 3.8) is 0 Å². The maximum Gasteiger partial charge on any atom is 0.339 e. The molecule has 2 aromatic rings. The lowest BCUT2D eigenvalue weighted by atomic mass is 9.95. The molecule has 0 atom stereocenters. The molecule has 0 heterocycles. The summed E-state index contributed by atoms with van der Waals surface area (Å²) in [5.41, 5.74) is 4.61.